The van der Waals surface area contributed by atoms with Gasteiger partial charge < -0.3 is 28.0 Å². The summed E-state index contributed by atoms with van der Waals surface area (Å²) in [5, 5.41) is 18.8. The minimum Gasteiger partial charge on any atom is -0.456 e. The number of pyridine rings is 4. The first-order chi connectivity index (χ1) is 72.8. The fourth-order valence-corrected chi connectivity index (χ4v) is 24.6. The van der Waals surface area contributed by atoms with Crippen molar-refractivity contribution in [2.45, 2.75) is 0 Å². The maximum absolute atomic E-state index is 6.54. The molecule has 0 fully saturated rings. The summed E-state index contributed by atoms with van der Waals surface area (Å²) in [6.07, 6.45) is 11.5. The first-order valence-corrected chi connectivity index (χ1v) is 51.4. The average Bonchev–Trinajstić information content (AvgIpc) is 1.22. The van der Waals surface area contributed by atoms with E-state index in [-0.39, 0.29) is 0 Å². The molecule has 0 saturated carbocycles. The summed E-state index contributed by atoms with van der Waals surface area (Å²) in [5.41, 5.74) is 28.0. The number of anilines is 9. The predicted molar refractivity (Wildman–Crippen MR) is 616 cm³/mol. The van der Waals surface area contributed by atoms with Crippen LogP contribution in [0.5, 0.6) is 0 Å². The lowest BCUT2D eigenvalue weighted by atomic mass is 10.0. The highest BCUT2D eigenvalue weighted by molar-refractivity contribution is 7.27. The summed E-state index contributed by atoms with van der Waals surface area (Å²) < 4.78 is 26.7. The zero-order valence-corrected chi connectivity index (χ0v) is 81.2. The molecule has 30 rings (SSSR count). The van der Waals surface area contributed by atoms with Crippen molar-refractivity contribution in [2.24, 2.45) is 0 Å². The molecule has 0 radical (unpaired) electrons. The Kier molecular flexibility index (Phi) is 21.2. The molecule has 0 amide bonds. The third-order valence-corrected chi connectivity index (χ3v) is 31.7. The lowest BCUT2D eigenvalue weighted by Gasteiger charge is -2.27. The van der Waals surface area contributed by atoms with E-state index in [1.807, 2.05) is 138 Å². The lowest BCUT2D eigenvalue weighted by Crippen LogP contribution is -2.10. The smallest absolute Gasteiger partial charge is 0.162 e. The van der Waals surface area contributed by atoms with Gasteiger partial charge in [-0.25, -0.2) is 9.97 Å². The Bertz CT molecular complexity index is 10300. The number of furan rings is 3. The fraction of sp³-hybridized carbons (Fsp3) is 0. The Morgan fingerprint density at radius 1 is 0.197 bits per heavy atom. The van der Waals surface area contributed by atoms with Crippen LogP contribution in [0.3, 0.4) is 0 Å². The van der Waals surface area contributed by atoms with Crippen molar-refractivity contribution in [1.29, 1.82) is 0 Å². The van der Waals surface area contributed by atoms with Crippen LogP contribution in [-0.4, -0.2) is 29.9 Å². The van der Waals surface area contributed by atoms with Crippen LogP contribution < -0.4 is 14.7 Å². The van der Waals surface area contributed by atoms with E-state index in [1.165, 1.54) is 77.0 Å². The van der Waals surface area contributed by atoms with E-state index in [0.29, 0.717) is 5.82 Å². The number of para-hydroxylation sites is 6. The molecule has 0 aliphatic carbocycles. The van der Waals surface area contributed by atoms with Crippen molar-refractivity contribution in [1.82, 2.24) is 29.9 Å². The molecule has 0 spiro atoms. The fourth-order valence-electron chi connectivity index (χ4n) is 21.1. The van der Waals surface area contributed by atoms with Gasteiger partial charge in [-0.1, -0.05) is 285 Å². The number of benzene rings is 19. The SMILES string of the molecule is c1ccc2c(N(c3ccc(-c4cnc(-c5cccc6c5oc5ccccc56)nc4)cc3)c3cccc4c3oc3ccccc34)cccc2c1.c1cnc2c(N(c3ccc(-c4ccc(-c5cccc6c5sc5ccccc56)nc4)cc3)c3ccc4oc5ccccc5c4c3)cccc2c1.c1cnc2cc(N(c3ccc(-c4ccc(-c5cccc6c5sc5ccccc56)nc4)cc3)c3ccc4sc5ccccc5c4c3)ccc2c1. The Balaban J connectivity index is 0.000000107. The van der Waals surface area contributed by atoms with Gasteiger partial charge >= 0.3 is 0 Å². The van der Waals surface area contributed by atoms with Gasteiger partial charge in [-0.3, -0.25) is 19.9 Å². The molecule has 0 saturated heterocycles. The molecule has 0 N–H and O–H groups in total. The van der Waals surface area contributed by atoms with E-state index >= 15 is 0 Å². The van der Waals surface area contributed by atoms with Gasteiger partial charge in [0.15, 0.2) is 11.4 Å². The van der Waals surface area contributed by atoms with Crippen LogP contribution in [0, 0.1) is 0 Å². The number of thiophene rings is 3. The number of fused-ring (bicyclic) bond motifs is 21. The molecule has 0 unspecified atom stereocenters. The molecule has 30 aromatic rings. The number of rotatable bonds is 15. The predicted octanol–water partition coefficient (Wildman–Crippen LogP) is 38.1. The molecule has 147 heavy (non-hydrogen) atoms. The number of nitrogens with zero attached hydrogens (tertiary/aromatic N) is 9. The molecule has 15 heteroatoms. The maximum atomic E-state index is 6.54. The van der Waals surface area contributed by atoms with Gasteiger partial charge in [-0.15, -0.1) is 34.0 Å². The Morgan fingerprint density at radius 3 is 1.23 bits per heavy atom. The van der Waals surface area contributed by atoms with Gasteiger partial charge in [-0.2, -0.15) is 0 Å². The van der Waals surface area contributed by atoms with E-state index < -0.39 is 0 Å². The highest BCUT2D eigenvalue weighted by Crippen LogP contribution is 2.51. The van der Waals surface area contributed by atoms with E-state index in [2.05, 4.69) is 408 Å². The Labute approximate surface area is 854 Å². The molecule has 0 atom stereocenters. The maximum Gasteiger partial charge on any atom is 0.162 e. The van der Waals surface area contributed by atoms with E-state index in [0.717, 1.165) is 195 Å². The monoisotopic (exact) mass is 1940 g/mol. The molecule has 19 aromatic carbocycles. The highest BCUT2D eigenvalue weighted by Gasteiger charge is 2.26. The molecule has 0 aliphatic rings. The molecular weight excluding hydrogens is 1860 g/mol. The van der Waals surface area contributed by atoms with Crippen molar-refractivity contribution in [3.8, 4) is 67.3 Å². The topological polar surface area (TPSA) is 126 Å². The summed E-state index contributed by atoms with van der Waals surface area (Å²) in [6.45, 7) is 0. The standard InChI is InChI=1S/C44H27N3O2.C44H27N3OS.C44H27N3S2/c1-2-12-32-29(10-1)11-7-18-38(32)47(39-19-9-16-36-34-14-4-6-21-41(34)49-43(36)39)31-24-22-28(23-25-31)30-26-45-44(46-27-30)37-17-8-15-35-33-13-3-5-20-40(33)48-42(35)37;1-3-15-40-33(10-1)37-26-32(22-24-41(37)48-40)47(39-14-5-8-29-9-7-25-45-43(29)39)31-20-17-28(18-21-31)30-19-23-38(46-27-30)36-13-6-12-35-34-11-2-4-16-42(34)49-44(35)36;1-4-13-42-34(8-1)36-10-5-11-37(44(36)49-42)39-22-17-30(27-46-39)28-14-18-31(19-15-28)47(33-20-16-29-7-6-24-45-40(29)26-33)32-21-23-43-38(25-32)35-9-2-3-12-41(35)48-43/h3*1-27H. The number of hydrogen-bond acceptors (Lipinski definition) is 15. The molecule has 11 aromatic heterocycles. The molecular formula is C132H81N9O3S3. The first-order valence-electron chi connectivity index (χ1n) is 48.9. The van der Waals surface area contributed by atoms with Gasteiger partial charge in [0, 0.05) is 208 Å². The summed E-state index contributed by atoms with van der Waals surface area (Å²) in [5.74, 6) is 0.631. The van der Waals surface area contributed by atoms with E-state index in [9.17, 15) is 0 Å². The molecule has 12 nitrogen and oxygen atoms in total. The van der Waals surface area contributed by atoms with Gasteiger partial charge in [0.05, 0.1) is 45.0 Å². The minimum atomic E-state index is 0.631. The van der Waals surface area contributed by atoms with E-state index in [4.69, 9.17) is 38.2 Å². The largest absolute Gasteiger partial charge is 0.456 e. The van der Waals surface area contributed by atoms with Crippen molar-refractivity contribution in [3.63, 3.8) is 0 Å². The zero-order valence-electron chi connectivity index (χ0n) is 78.7. The number of aromatic nitrogens is 6. The summed E-state index contributed by atoms with van der Waals surface area (Å²) in [7, 11) is 0. The van der Waals surface area contributed by atoms with Crippen LogP contribution in [0.2, 0.25) is 0 Å². The molecule has 0 bridgehead atoms. The molecule has 690 valence electrons. The molecule has 0 aliphatic heterocycles. The summed E-state index contributed by atoms with van der Waals surface area (Å²) >= 11 is 5.51. The van der Waals surface area contributed by atoms with Crippen molar-refractivity contribution in [3.05, 3.63) is 492 Å². The van der Waals surface area contributed by atoms with Crippen molar-refractivity contribution >= 4 is 244 Å². The average molecular weight is 1940 g/mol. The summed E-state index contributed by atoms with van der Waals surface area (Å²) in [6, 6.07) is 160. The van der Waals surface area contributed by atoms with Crippen LogP contribution in [-0.2, 0) is 0 Å². The van der Waals surface area contributed by atoms with Gasteiger partial charge in [0.25, 0.3) is 0 Å². The second kappa shape index (κ2) is 36.3. The van der Waals surface area contributed by atoms with Crippen LogP contribution >= 0.6 is 34.0 Å². The summed E-state index contributed by atoms with van der Waals surface area (Å²) in [4.78, 5) is 35.9. The van der Waals surface area contributed by atoms with Gasteiger partial charge in [0.2, 0.25) is 0 Å². The Hall–Kier alpha value is -18.9. The highest BCUT2D eigenvalue weighted by atomic mass is 32.1. The quantitative estimate of drug-likeness (QED) is 0.0970. The minimum absolute atomic E-state index is 0.631. The first kappa shape index (κ1) is 86.0. The third-order valence-electron chi connectivity index (χ3n) is 28.1. The van der Waals surface area contributed by atoms with E-state index in [1.54, 1.807) is 0 Å². The van der Waals surface area contributed by atoms with Crippen molar-refractivity contribution in [2.75, 3.05) is 14.7 Å². The third kappa shape index (κ3) is 15.4. The zero-order chi connectivity index (χ0) is 96.9. The van der Waals surface area contributed by atoms with Crippen LogP contribution in [0.1, 0.15) is 0 Å². The Morgan fingerprint density at radius 2 is 0.599 bits per heavy atom. The van der Waals surface area contributed by atoms with Gasteiger partial charge in [-0.05, 0) is 192 Å². The van der Waals surface area contributed by atoms with Gasteiger partial charge in [0.1, 0.15) is 27.9 Å². The molecule has 11 heterocycles. The second-order valence-corrected chi connectivity index (χ2v) is 39.9. The normalized spacial score (nSPS) is 11.7. The van der Waals surface area contributed by atoms with Crippen LogP contribution in [0.25, 0.3) is 226 Å². The van der Waals surface area contributed by atoms with Crippen LogP contribution in [0.4, 0.5) is 51.2 Å². The number of hydrogen-bond donors (Lipinski definition) is 0. The second-order valence-electron chi connectivity index (χ2n) is 36.7. The lowest BCUT2D eigenvalue weighted by molar-refractivity contribution is 0.668. The van der Waals surface area contributed by atoms with Crippen LogP contribution in [0.15, 0.2) is 505 Å². The van der Waals surface area contributed by atoms with Crippen molar-refractivity contribution < 1.29 is 13.3 Å².